The molecule has 3 unspecified atom stereocenters. The molecule has 0 heterocycles. The van der Waals surface area contributed by atoms with Crippen LogP contribution in [0.15, 0.2) is 274 Å². The Hall–Kier alpha value is -9.24. The van der Waals surface area contributed by atoms with E-state index in [9.17, 15) is 0 Å². The fourth-order valence-corrected chi connectivity index (χ4v) is 13.9. The van der Waals surface area contributed by atoms with Crippen LogP contribution in [0.25, 0.3) is 40.1 Å². The fraction of sp³-hybridized carbons (Fsp3) is 0.160. The van der Waals surface area contributed by atoms with Crippen molar-refractivity contribution in [1.82, 2.24) is 0 Å². The molecule has 0 spiro atoms. The van der Waals surface area contributed by atoms with Crippen LogP contribution in [-0.2, 0) is 16.2 Å². The van der Waals surface area contributed by atoms with E-state index in [0.29, 0.717) is 5.92 Å². The number of hydrogen-bond donors (Lipinski definition) is 0. The smallest absolute Gasteiger partial charge is 0.0715 e. The van der Waals surface area contributed by atoms with Crippen molar-refractivity contribution >= 4 is 57.4 Å². The second-order valence-corrected chi connectivity index (χ2v) is 24.2. The third kappa shape index (κ3) is 9.04. The maximum atomic E-state index is 4.02. The van der Waals surface area contributed by atoms with Crippen molar-refractivity contribution in [3.8, 4) is 11.1 Å². The first kappa shape index (κ1) is 53.1. The molecular weight excluding hydrogens is 1000 g/mol. The zero-order valence-corrected chi connectivity index (χ0v) is 48.7. The zero-order chi connectivity index (χ0) is 57.0. The maximum absolute atomic E-state index is 4.02. The summed E-state index contributed by atoms with van der Waals surface area (Å²) in [4.78, 5) is 5.15. The summed E-state index contributed by atoms with van der Waals surface area (Å²) in [7, 11) is 0. The minimum absolute atomic E-state index is 0.0233. The highest BCUT2D eigenvalue weighted by Gasteiger charge is 2.47. The maximum Gasteiger partial charge on any atom is 0.0715 e. The zero-order valence-electron chi connectivity index (χ0n) is 48.7. The minimum atomic E-state index is -0.693. The van der Waals surface area contributed by atoms with Crippen molar-refractivity contribution in [3.63, 3.8) is 0 Å². The van der Waals surface area contributed by atoms with Crippen molar-refractivity contribution in [2.24, 2.45) is 5.92 Å². The molecule has 10 aromatic carbocycles. The van der Waals surface area contributed by atoms with E-state index in [1.54, 1.807) is 0 Å². The van der Waals surface area contributed by atoms with Crippen molar-refractivity contribution in [1.29, 1.82) is 0 Å². The predicted octanol–water partition coefficient (Wildman–Crippen LogP) is 21.4. The molecule has 0 amide bonds. The normalized spacial score (nSPS) is 16.8. The Morgan fingerprint density at radius 1 is 0.494 bits per heavy atom. The average Bonchev–Trinajstić information content (AvgIpc) is 1.85. The fourth-order valence-electron chi connectivity index (χ4n) is 13.9. The molecule has 0 fully saturated rings. The molecule has 2 heteroatoms. The summed E-state index contributed by atoms with van der Waals surface area (Å²) in [6.45, 7) is 22.2. The first-order valence-corrected chi connectivity index (χ1v) is 29.6. The molecule has 0 bridgehead atoms. The molecule has 0 saturated carbocycles. The largest absolute Gasteiger partial charge is 0.333 e. The van der Waals surface area contributed by atoms with Crippen LogP contribution in [0.3, 0.4) is 0 Å². The van der Waals surface area contributed by atoms with Gasteiger partial charge in [-0.2, -0.15) is 0 Å². The molecule has 2 nitrogen and oxygen atoms in total. The molecule has 3 aliphatic rings. The lowest BCUT2D eigenvalue weighted by molar-refractivity contribution is 0.567. The summed E-state index contributed by atoms with van der Waals surface area (Å²) in [6, 6.07) is 86.7. The van der Waals surface area contributed by atoms with Gasteiger partial charge in [-0.25, -0.2) is 0 Å². The lowest BCUT2D eigenvalue weighted by Gasteiger charge is -2.41. The molecule has 0 aromatic heterocycles. The molecule has 83 heavy (non-hydrogen) atoms. The van der Waals surface area contributed by atoms with E-state index in [2.05, 4.69) is 325 Å². The van der Waals surface area contributed by atoms with Gasteiger partial charge in [0.1, 0.15) is 0 Å². The first-order chi connectivity index (χ1) is 40.4. The van der Waals surface area contributed by atoms with Crippen LogP contribution in [-0.4, -0.2) is 6.04 Å². The summed E-state index contributed by atoms with van der Waals surface area (Å²) >= 11 is 0. The Balaban J connectivity index is 1.000. The van der Waals surface area contributed by atoms with Gasteiger partial charge in [-0.05, 0) is 145 Å². The number of fused-ring (bicyclic) bond motifs is 5. The molecule has 0 saturated heterocycles. The van der Waals surface area contributed by atoms with Crippen LogP contribution in [0.4, 0.5) is 28.4 Å². The van der Waals surface area contributed by atoms with Crippen molar-refractivity contribution < 1.29 is 0 Å². The number of hydrogen-bond acceptors (Lipinski definition) is 2. The Kier molecular flexibility index (Phi) is 13.6. The predicted molar refractivity (Wildman–Crippen MR) is 355 cm³/mol. The van der Waals surface area contributed by atoms with Crippen molar-refractivity contribution in [3.05, 3.63) is 335 Å². The van der Waals surface area contributed by atoms with E-state index in [4.69, 9.17) is 0 Å². The van der Waals surface area contributed by atoms with Crippen molar-refractivity contribution in [2.45, 2.75) is 76.2 Å². The van der Waals surface area contributed by atoms with Crippen LogP contribution in [0.2, 0.25) is 0 Å². The first-order valence-electron chi connectivity index (χ1n) is 29.6. The van der Waals surface area contributed by atoms with E-state index >= 15 is 0 Å². The summed E-state index contributed by atoms with van der Waals surface area (Å²) in [6.07, 6.45) is 17.1. The van der Waals surface area contributed by atoms with Gasteiger partial charge in [0.15, 0.2) is 0 Å². The van der Waals surface area contributed by atoms with E-state index in [0.717, 1.165) is 34.6 Å². The molecule has 10 aromatic rings. The molecule has 0 aliphatic heterocycles. The number of rotatable bonds is 14. The van der Waals surface area contributed by atoms with Gasteiger partial charge in [0.05, 0.1) is 17.1 Å². The van der Waals surface area contributed by atoms with Crippen LogP contribution in [0, 0.1) is 5.92 Å². The lowest BCUT2D eigenvalue weighted by atomic mass is 9.67. The lowest BCUT2D eigenvalue weighted by Crippen LogP contribution is -2.38. The standard InChI is InChI=1S/C81H72N2/c1-9-57-34-38-60(39-35-57)79(5,6)62-42-45-66(46-43-62)82(77-32-20-24-59-23-17-18-29-70(59)77)67-47-49-71-72-50-48-68(54-75(72)81(74(71)53-67,63-25-13-11-14-26-63)64-27-15-12-16-28-64)83(78-33-21-30-69-55(3)22-19-31-73(69)78)76-51-44-65(52-56(76)4)80(7,8)61-40-36-58(10-2)37-41-61/h9-21,23-56,76H,1-2,22H2,3-8H3. The van der Waals surface area contributed by atoms with E-state index in [-0.39, 0.29) is 22.8 Å². The van der Waals surface area contributed by atoms with Crippen molar-refractivity contribution in [2.75, 3.05) is 9.80 Å². The summed E-state index contributed by atoms with van der Waals surface area (Å²) in [5.74, 6) is 0.592. The molecule has 3 aliphatic carbocycles. The van der Waals surface area contributed by atoms with Crippen LogP contribution in [0.1, 0.15) is 115 Å². The quantitative estimate of drug-likeness (QED) is 0.107. The molecule has 0 radical (unpaired) electrons. The second-order valence-electron chi connectivity index (χ2n) is 24.2. The second kappa shape index (κ2) is 21.3. The SMILES string of the molecule is C=Cc1ccc(C(C)(C)C2=CC(C)C(N(c3ccc4c(c3)C(c3ccccc3)(c3ccccc3)c3cc(N(c5ccc(C(C)(C)c6ccc(C=C)cc6)cc5)c5cccc6ccccc56)ccc3-4)c3cccc4c3C=CCC4C)C=C2)cc1. The Morgan fingerprint density at radius 2 is 1.01 bits per heavy atom. The van der Waals surface area contributed by atoms with Crippen LogP contribution >= 0.6 is 0 Å². The van der Waals surface area contributed by atoms with Crippen LogP contribution < -0.4 is 9.80 Å². The Bertz CT molecular complexity index is 4130. The highest BCUT2D eigenvalue weighted by Crippen LogP contribution is 2.59. The van der Waals surface area contributed by atoms with Gasteiger partial charge in [-0.15, -0.1) is 0 Å². The number of benzene rings is 10. The molecule has 13 rings (SSSR count). The average molecular weight is 1070 g/mol. The minimum Gasteiger partial charge on any atom is -0.333 e. The van der Waals surface area contributed by atoms with Gasteiger partial charge in [-0.1, -0.05) is 279 Å². The molecule has 406 valence electrons. The van der Waals surface area contributed by atoms with E-state index in [1.807, 2.05) is 12.2 Å². The highest BCUT2D eigenvalue weighted by atomic mass is 15.2. The van der Waals surface area contributed by atoms with Gasteiger partial charge in [0.2, 0.25) is 0 Å². The summed E-state index contributed by atoms with van der Waals surface area (Å²) in [5.41, 5.74) is 22.2. The monoisotopic (exact) mass is 1070 g/mol. The molecule has 3 atom stereocenters. The molecule has 0 N–H and O–H groups in total. The van der Waals surface area contributed by atoms with E-state index < -0.39 is 5.41 Å². The summed E-state index contributed by atoms with van der Waals surface area (Å²) in [5, 5.41) is 2.39. The van der Waals surface area contributed by atoms with E-state index in [1.165, 1.54) is 88.9 Å². The Labute approximate surface area is 492 Å². The van der Waals surface area contributed by atoms with Gasteiger partial charge in [0.25, 0.3) is 0 Å². The van der Waals surface area contributed by atoms with Gasteiger partial charge >= 0.3 is 0 Å². The third-order valence-electron chi connectivity index (χ3n) is 18.8. The molecular formula is C81H72N2. The Morgan fingerprint density at radius 3 is 1.63 bits per heavy atom. The van der Waals surface area contributed by atoms with Gasteiger partial charge in [0, 0.05) is 44.5 Å². The highest BCUT2D eigenvalue weighted by molar-refractivity contribution is 6.00. The number of anilines is 5. The van der Waals surface area contributed by atoms with Gasteiger partial charge < -0.3 is 9.80 Å². The topological polar surface area (TPSA) is 6.48 Å². The number of allylic oxidation sites excluding steroid dienone is 3. The van der Waals surface area contributed by atoms with Crippen LogP contribution in [0.5, 0.6) is 0 Å². The summed E-state index contributed by atoms with van der Waals surface area (Å²) < 4.78 is 0. The van der Waals surface area contributed by atoms with Gasteiger partial charge in [-0.3, -0.25) is 0 Å². The third-order valence-corrected chi connectivity index (χ3v) is 18.8. The number of nitrogens with zero attached hydrogens (tertiary/aromatic N) is 2.